The minimum atomic E-state index is 0.802. The molecule has 0 rings (SSSR count). The molecule has 2 heteroatoms. The highest BCUT2D eigenvalue weighted by Crippen LogP contribution is 2.35. The standard InChI is InChI=1S/C13H26I2/c1-8(2)10(4)13(15)12(6)11(5)9(3)7-14/h8-13H,7H2,1-6H3/t9?,10-,11?,12?,13?/m0/s1. The Labute approximate surface area is 124 Å². The van der Waals surface area contributed by atoms with Gasteiger partial charge in [-0.2, -0.15) is 0 Å². The molecule has 4 unspecified atom stereocenters. The first-order chi connectivity index (χ1) is 6.82. The normalized spacial score (nSPS) is 22.2. The lowest BCUT2D eigenvalue weighted by atomic mass is 9.78. The third-order valence-corrected chi connectivity index (χ3v) is 7.68. The summed E-state index contributed by atoms with van der Waals surface area (Å²) < 4.78 is 2.09. The van der Waals surface area contributed by atoms with Crippen molar-refractivity contribution in [3.63, 3.8) is 0 Å². The lowest BCUT2D eigenvalue weighted by molar-refractivity contribution is 0.251. The quantitative estimate of drug-likeness (QED) is 0.385. The Morgan fingerprint density at radius 1 is 0.800 bits per heavy atom. The van der Waals surface area contributed by atoms with Crippen LogP contribution in [0.2, 0.25) is 0 Å². The summed E-state index contributed by atoms with van der Waals surface area (Å²) in [5.41, 5.74) is 0. The molecule has 0 fully saturated rings. The van der Waals surface area contributed by atoms with Crippen LogP contribution in [0.5, 0.6) is 0 Å². The second-order valence-corrected chi connectivity index (χ2v) is 7.72. The van der Waals surface area contributed by atoms with E-state index in [4.69, 9.17) is 0 Å². The first-order valence-corrected chi connectivity index (χ1v) is 8.80. The van der Waals surface area contributed by atoms with E-state index in [2.05, 4.69) is 86.7 Å². The van der Waals surface area contributed by atoms with Crippen LogP contribution in [-0.4, -0.2) is 8.35 Å². The Kier molecular flexibility index (Phi) is 8.47. The predicted octanol–water partition coefficient (Wildman–Crippen LogP) is 5.43. The maximum absolute atomic E-state index is 2.67. The summed E-state index contributed by atoms with van der Waals surface area (Å²) >= 11 is 5.18. The molecule has 0 spiro atoms. The van der Waals surface area contributed by atoms with Crippen molar-refractivity contribution < 1.29 is 0 Å². The molecule has 0 heterocycles. The van der Waals surface area contributed by atoms with Crippen LogP contribution in [0.3, 0.4) is 0 Å². The third-order valence-electron chi connectivity index (χ3n) is 4.03. The van der Waals surface area contributed by atoms with Crippen molar-refractivity contribution in [3.05, 3.63) is 0 Å². The molecule has 0 aliphatic heterocycles. The molecule has 5 atom stereocenters. The summed E-state index contributed by atoms with van der Waals surface area (Å²) in [5, 5.41) is 0. The van der Waals surface area contributed by atoms with Crippen LogP contribution in [0, 0.1) is 29.6 Å². The molecule has 0 N–H and O–H groups in total. The molecule has 0 aliphatic rings. The third kappa shape index (κ3) is 5.09. The SMILES string of the molecule is CC(CI)C(C)C(C)C(I)[C@@H](C)C(C)C. The van der Waals surface area contributed by atoms with E-state index >= 15 is 0 Å². The van der Waals surface area contributed by atoms with Gasteiger partial charge in [0, 0.05) is 8.35 Å². The molecule has 0 aromatic carbocycles. The van der Waals surface area contributed by atoms with E-state index in [0.717, 1.165) is 33.5 Å². The maximum Gasteiger partial charge on any atom is 0.0166 e. The van der Waals surface area contributed by atoms with Gasteiger partial charge in [0.05, 0.1) is 0 Å². The smallest absolute Gasteiger partial charge is 0.0166 e. The molecular formula is C13H26I2. The second-order valence-electron chi connectivity index (χ2n) is 5.40. The molecule has 15 heavy (non-hydrogen) atoms. The van der Waals surface area contributed by atoms with Gasteiger partial charge < -0.3 is 0 Å². The van der Waals surface area contributed by atoms with E-state index in [1.54, 1.807) is 0 Å². The number of alkyl halides is 2. The van der Waals surface area contributed by atoms with E-state index in [9.17, 15) is 0 Å². The molecule has 0 aromatic heterocycles. The average Bonchev–Trinajstić information content (AvgIpc) is 2.23. The van der Waals surface area contributed by atoms with Crippen molar-refractivity contribution in [2.45, 2.75) is 45.5 Å². The van der Waals surface area contributed by atoms with Crippen LogP contribution in [0.1, 0.15) is 41.5 Å². The maximum atomic E-state index is 2.67. The minimum absolute atomic E-state index is 0.802. The van der Waals surface area contributed by atoms with E-state index in [0.29, 0.717) is 0 Å². The summed E-state index contributed by atoms with van der Waals surface area (Å²) in [6, 6.07) is 0. The van der Waals surface area contributed by atoms with Crippen LogP contribution in [-0.2, 0) is 0 Å². The van der Waals surface area contributed by atoms with Crippen molar-refractivity contribution in [1.29, 1.82) is 0 Å². The predicted molar refractivity (Wildman–Crippen MR) is 88.2 cm³/mol. The Balaban J connectivity index is 4.36. The largest absolute Gasteiger partial charge is 0.0861 e. The first kappa shape index (κ1) is 16.5. The van der Waals surface area contributed by atoms with Gasteiger partial charge in [-0.15, -0.1) is 0 Å². The highest BCUT2D eigenvalue weighted by molar-refractivity contribution is 14.1. The van der Waals surface area contributed by atoms with E-state index in [-0.39, 0.29) is 0 Å². The fourth-order valence-corrected chi connectivity index (χ4v) is 4.08. The van der Waals surface area contributed by atoms with Gasteiger partial charge in [0.1, 0.15) is 0 Å². The van der Waals surface area contributed by atoms with Gasteiger partial charge in [0.2, 0.25) is 0 Å². The fraction of sp³-hybridized carbons (Fsp3) is 1.00. The molecule has 0 aromatic rings. The van der Waals surface area contributed by atoms with Crippen molar-refractivity contribution >= 4 is 45.2 Å². The van der Waals surface area contributed by atoms with E-state index < -0.39 is 0 Å². The lowest BCUT2D eigenvalue weighted by Gasteiger charge is -2.33. The van der Waals surface area contributed by atoms with Crippen LogP contribution >= 0.6 is 45.2 Å². The number of rotatable bonds is 6. The van der Waals surface area contributed by atoms with Crippen molar-refractivity contribution in [1.82, 2.24) is 0 Å². The Bertz CT molecular complexity index is 168. The van der Waals surface area contributed by atoms with E-state index in [1.807, 2.05) is 0 Å². The molecule has 0 saturated carbocycles. The molecule has 0 saturated heterocycles. The average molecular weight is 436 g/mol. The lowest BCUT2D eigenvalue weighted by Crippen LogP contribution is -2.30. The fourth-order valence-electron chi connectivity index (χ4n) is 1.80. The Morgan fingerprint density at radius 3 is 1.60 bits per heavy atom. The molecule has 0 amide bonds. The van der Waals surface area contributed by atoms with Gasteiger partial charge in [0.25, 0.3) is 0 Å². The summed E-state index contributed by atoms with van der Waals surface area (Å²) in [5.74, 6) is 4.14. The van der Waals surface area contributed by atoms with Gasteiger partial charge in [-0.05, 0) is 29.6 Å². The highest BCUT2D eigenvalue weighted by Gasteiger charge is 2.28. The minimum Gasteiger partial charge on any atom is -0.0861 e. The molecular weight excluding hydrogens is 410 g/mol. The van der Waals surface area contributed by atoms with Crippen molar-refractivity contribution in [2.24, 2.45) is 29.6 Å². The van der Waals surface area contributed by atoms with Crippen LogP contribution in [0.4, 0.5) is 0 Å². The van der Waals surface area contributed by atoms with Crippen LogP contribution in [0.15, 0.2) is 0 Å². The van der Waals surface area contributed by atoms with Crippen molar-refractivity contribution in [3.8, 4) is 0 Å². The second kappa shape index (κ2) is 7.72. The topological polar surface area (TPSA) is 0 Å². The first-order valence-electron chi connectivity index (χ1n) is 6.02. The monoisotopic (exact) mass is 436 g/mol. The zero-order valence-corrected chi connectivity index (χ0v) is 15.2. The van der Waals surface area contributed by atoms with Gasteiger partial charge in [-0.3, -0.25) is 0 Å². The number of hydrogen-bond acceptors (Lipinski definition) is 0. The summed E-state index contributed by atoms with van der Waals surface area (Å²) in [4.78, 5) is 0. The molecule has 0 nitrogen and oxygen atoms in total. The number of hydrogen-bond donors (Lipinski definition) is 0. The Hall–Kier alpha value is 1.46. The molecule has 0 bridgehead atoms. The van der Waals surface area contributed by atoms with Gasteiger partial charge in [-0.25, -0.2) is 0 Å². The summed E-state index contributed by atoms with van der Waals surface area (Å²) in [6.07, 6.45) is 0. The van der Waals surface area contributed by atoms with Crippen LogP contribution < -0.4 is 0 Å². The molecule has 0 radical (unpaired) electrons. The number of halogens is 2. The van der Waals surface area contributed by atoms with Gasteiger partial charge >= 0.3 is 0 Å². The molecule has 0 aliphatic carbocycles. The van der Waals surface area contributed by atoms with Gasteiger partial charge in [-0.1, -0.05) is 86.7 Å². The zero-order chi connectivity index (χ0) is 12.2. The van der Waals surface area contributed by atoms with Gasteiger partial charge in [0.15, 0.2) is 0 Å². The molecule has 92 valence electrons. The Morgan fingerprint density at radius 2 is 1.27 bits per heavy atom. The van der Waals surface area contributed by atoms with E-state index in [1.165, 1.54) is 4.43 Å². The highest BCUT2D eigenvalue weighted by atomic mass is 127. The summed E-state index contributed by atoms with van der Waals surface area (Å²) in [6.45, 7) is 14.3. The van der Waals surface area contributed by atoms with Crippen LogP contribution in [0.25, 0.3) is 0 Å². The summed E-state index contributed by atoms with van der Waals surface area (Å²) in [7, 11) is 0. The van der Waals surface area contributed by atoms with Crippen molar-refractivity contribution in [2.75, 3.05) is 4.43 Å². The zero-order valence-electron chi connectivity index (χ0n) is 10.9.